The van der Waals surface area contributed by atoms with E-state index in [2.05, 4.69) is 30.0 Å². The predicted octanol–water partition coefficient (Wildman–Crippen LogP) is 2.42. The Balaban J connectivity index is 2.37. The fourth-order valence-electron chi connectivity index (χ4n) is 2.51. The zero-order valence-electron chi connectivity index (χ0n) is 11.5. The monoisotopic (exact) mass is 279 g/mol. The maximum Gasteiger partial charge on any atom is 0.172 e. The lowest BCUT2D eigenvalue weighted by molar-refractivity contribution is 0.318. The predicted molar refractivity (Wildman–Crippen MR) is 82.4 cm³/mol. The number of aryl methyl sites for hydroxylation is 1. The summed E-state index contributed by atoms with van der Waals surface area (Å²) in [5.41, 5.74) is 8.91. The van der Waals surface area contributed by atoms with Crippen LogP contribution in [-0.2, 0) is 0 Å². The first-order valence-corrected chi connectivity index (χ1v) is 7.66. The summed E-state index contributed by atoms with van der Waals surface area (Å²) in [6, 6.07) is 5.94. The fraction of sp³-hybridized carbons (Fsp3) is 0.500. The normalized spacial score (nSPS) is 20.6. The van der Waals surface area contributed by atoms with Gasteiger partial charge in [0.2, 0.25) is 0 Å². The summed E-state index contributed by atoms with van der Waals surface area (Å²) >= 11 is 2.03. The smallest absolute Gasteiger partial charge is 0.172 e. The quantitative estimate of drug-likeness (QED) is 0.386. The van der Waals surface area contributed by atoms with Crippen molar-refractivity contribution in [3.05, 3.63) is 29.3 Å². The highest BCUT2D eigenvalue weighted by Crippen LogP contribution is 2.30. The molecule has 1 aliphatic heterocycles. The van der Waals surface area contributed by atoms with Crippen molar-refractivity contribution in [3.8, 4) is 0 Å². The standard InChI is InChI=1S/C14H21N3OS/c1-3-11-9-17(7-8-19-11)13-10(2)5-4-6-12(13)14(15)16-18/h4-6,11,18H,3,7-9H2,1-2H3,(H2,15,16). The summed E-state index contributed by atoms with van der Waals surface area (Å²) in [4.78, 5) is 2.37. The first kappa shape index (κ1) is 14.1. The van der Waals surface area contributed by atoms with Crippen molar-refractivity contribution in [1.82, 2.24) is 0 Å². The number of nitrogens with zero attached hydrogens (tertiary/aromatic N) is 2. The van der Waals surface area contributed by atoms with Crippen LogP contribution in [0.2, 0.25) is 0 Å². The van der Waals surface area contributed by atoms with Crippen LogP contribution in [0.25, 0.3) is 0 Å². The van der Waals surface area contributed by atoms with Crippen molar-refractivity contribution in [1.29, 1.82) is 0 Å². The van der Waals surface area contributed by atoms with Crippen LogP contribution in [-0.4, -0.2) is 35.1 Å². The van der Waals surface area contributed by atoms with E-state index in [9.17, 15) is 0 Å². The molecule has 1 saturated heterocycles. The van der Waals surface area contributed by atoms with Gasteiger partial charge in [0, 0.05) is 29.7 Å². The molecule has 0 spiro atoms. The number of thioether (sulfide) groups is 1. The minimum Gasteiger partial charge on any atom is -0.409 e. The topological polar surface area (TPSA) is 61.8 Å². The van der Waals surface area contributed by atoms with E-state index in [1.165, 1.54) is 12.0 Å². The Kier molecular flexibility index (Phi) is 4.58. The van der Waals surface area contributed by atoms with Gasteiger partial charge in [0.1, 0.15) is 0 Å². The average Bonchev–Trinajstić information content (AvgIpc) is 2.46. The molecule has 1 aromatic rings. The Bertz CT molecular complexity index is 476. The highest BCUT2D eigenvalue weighted by Gasteiger charge is 2.23. The number of nitrogens with two attached hydrogens (primary N) is 1. The Labute approximate surface area is 118 Å². The lowest BCUT2D eigenvalue weighted by atomic mass is 10.1. The summed E-state index contributed by atoms with van der Waals surface area (Å²) in [7, 11) is 0. The van der Waals surface area contributed by atoms with Gasteiger partial charge in [-0.2, -0.15) is 11.8 Å². The summed E-state index contributed by atoms with van der Waals surface area (Å²) in [5.74, 6) is 1.31. The fourth-order valence-corrected chi connectivity index (χ4v) is 3.69. The van der Waals surface area contributed by atoms with Gasteiger partial charge in [-0.1, -0.05) is 24.2 Å². The Morgan fingerprint density at radius 2 is 2.37 bits per heavy atom. The first-order valence-electron chi connectivity index (χ1n) is 6.61. The van der Waals surface area contributed by atoms with Crippen molar-refractivity contribution in [2.24, 2.45) is 10.9 Å². The maximum absolute atomic E-state index is 8.94. The van der Waals surface area contributed by atoms with Crippen molar-refractivity contribution >= 4 is 23.3 Å². The van der Waals surface area contributed by atoms with Crippen LogP contribution in [0.4, 0.5) is 5.69 Å². The molecule has 104 valence electrons. The van der Waals surface area contributed by atoms with Crippen LogP contribution >= 0.6 is 11.8 Å². The Morgan fingerprint density at radius 1 is 1.58 bits per heavy atom. The molecule has 4 nitrogen and oxygen atoms in total. The van der Waals surface area contributed by atoms with Gasteiger partial charge >= 0.3 is 0 Å². The lowest BCUT2D eigenvalue weighted by Crippen LogP contribution is -2.39. The molecule has 1 heterocycles. The number of rotatable bonds is 3. The minimum absolute atomic E-state index is 0.185. The number of hydrogen-bond acceptors (Lipinski definition) is 4. The van der Waals surface area contributed by atoms with Crippen LogP contribution in [0.3, 0.4) is 0 Å². The molecule has 1 atom stereocenters. The van der Waals surface area contributed by atoms with E-state index in [4.69, 9.17) is 10.9 Å². The third-order valence-corrected chi connectivity index (χ3v) is 4.90. The first-order chi connectivity index (χ1) is 9.17. The van der Waals surface area contributed by atoms with Gasteiger partial charge in [-0.3, -0.25) is 0 Å². The van der Waals surface area contributed by atoms with E-state index in [0.717, 1.165) is 30.1 Å². The number of amidine groups is 1. The SMILES string of the molecule is CCC1CN(c2c(C)cccc2/C(N)=N/O)CCS1. The summed E-state index contributed by atoms with van der Waals surface area (Å²) < 4.78 is 0. The van der Waals surface area contributed by atoms with Gasteiger partial charge in [-0.25, -0.2) is 0 Å². The van der Waals surface area contributed by atoms with Gasteiger partial charge < -0.3 is 15.8 Å². The maximum atomic E-state index is 8.94. The number of benzene rings is 1. The molecular weight excluding hydrogens is 258 g/mol. The van der Waals surface area contributed by atoms with Crippen molar-refractivity contribution in [2.75, 3.05) is 23.7 Å². The van der Waals surface area contributed by atoms with Crippen molar-refractivity contribution < 1.29 is 5.21 Å². The van der Waals surface area contributed by atoms with E-state index >= 15 is 0 Å². The second-order valence-corrected chi connectivity index (χ2v) is 6.21. The van der Waals surface area contributed by atoms with Crippen LogP contribution in [0, 0.1) is 6.92 Å². The van der Waals surface area contributed by atoms with Crippen LogP contribution in [0.5, 0.6) is 0 Å². The molecule has 1 aromatic carbocycles. The molecule has 0 saturated carbocycles. The molecule has 1 unspecified atom stereocenters. The average molecular weight is 279 g/mol. The molecule has 5 heteroatoms. The van der Waals surface area contributed by atoms with Crippen LogP contribution in [0.1, 0.15) is 24.5 Å². The number of para-hydroxylation sites is 1. The van der Waals surface area contributed by atoms with Gasteiger partial charge in [0.05, 0.1) is 5.69 Å². The highest BCUT2D eigenvalue weighted by atomic mass is 32.2. The Morgan fingerprint density at radius 3 is 3.05 bits per heavy atom. The van der Waals surface area contributed by atoms with Gasteiger partial charge in [0.25, 0.3) is 0 Å². The molecule has 0 radical (unpaired) electrons. The molecular formula is C14H21N3OS. The minimum atomic E-state index is 0.185. The molecule has 1 aliphatic rings. The second kappa shape index (κ2) is 6.19. The molecule has 0 aliphatic carbocycles. The zero-order valence-corrected chi connectivity index (χ0v) is 12.3. The molecule has 19 heavy (non-hydrogen) atoms. The molecule has 0 bridgehead atoms. The van der Waals surface area contributed by atoms with Gasteiger partial charge in [-0.05, 0) is 25.0 Å². The van der Waals surface area contributed by atoms with E-state index in [1.54, 1.807) is 0 Å². The van der Waals surface area contributed by atoms with E-state index in [-0.39, 0.29) is 5.84 Å². The second-order valence-electron chi connectivity index (χ2n) is 4.80. The lowest BCUT2D eigenvalue weighted by Gasteiger charge is -2.35. The third-order valence-electron chi connectivity index (χ3n) is 3.53. The van der Waals surface area contributed by atoms with Gasteiger partial charge in [0.15, 0.2) is 5.84 Å². The van der Waals surface area contributed by atoms with E-state index < -0.39 is 0 Å². The third kappa shape index (κ3) is 2.97. The largest absolute Gasteiger partial charge is 0.409 e. The van der Waals surface area contributed by atoms with E-state index in [1.807, 2.05) is 23.9 Å². The van der Waals surface area contributed by atoms with Crippen LogP contribution < -0.4 is 10.6 Å². The van der Waals surface area contributed by atoms with Crippen molar-refractivity contribution in [3.63, 3.8) is 0 Å². The summed E-state index contributed by atoms with van der Waals surface area (Å²) in [5, 5.41) is 12.8. The summed E-state index contributed by atoms with van der Waals surface area (Å²) in [6.45, 7) is 6.34. The Hall–Kier alpha value is -1.36. The molecule has 3 N–H and O–H groups in total. The zero-order chi connectivity index (χ0) is 13.8. The summed E-state index contributed by atoms with van der Waals surface area (Å²) in [6.07, 6.45) is 1.17. The van der Waals surface area contributed by atoms with Crippen molar-refractivity contribution in [2.45, 2.75) is 25.5 Å². The molecule has 1 fully saturated rings. The molecule has 0 aromatic heterocycles. The van der Waals surface area contributed by atoms with Gasteiger partial charge in [-0.15, -0.1) is 0 Å². The molecule has 0 amide bonds. The number of hydrogen-bond donors (Lipinski definition) is 2. The van der Waals surface area contributed by atoms with E-state index in [0.29, 0.717) is 5.25 Å². The highest BCUT2D eigenvalue weighted by molar-refractivity contribution is 8.00. The van der Waals surface area contributed by atoms with Crippen LogP contribution in [0.15, 0.2) is 23.4 Å². The molecule has 2 rings (SSSR count). The number of oxime groups is 1. The number of anilines is 1.